The van der Waals surface area contributed by atoms with Gasteiger partial charge >= 0.3 is 0 Å². The molecule has 6 saturated carbocycles. The number of carbonyl (C=O) groups is 3. The van der Waals surface area contributed by atoms with Crippen LogP contribution >= 0.6 is 0 Å². The van der Waals surface area contributed by atoms with Gasteiger partial charge in [0.05, 0.1) is 67.5 Å². The molecular formula is C94H107F3N12O6. The number of rotatable bonds is 18. The molecule has 115 heavy (non-hydrogen) atoms. The SMILES string of the molecule is COC1CCC(NC(=O)c2ccc3nc([C@H](C)C4CCC(c5ccnc6ccc(F)cc56)CC4)[nH]c3c2)CC1.COC1CCC(NC(=O)c2ccc3nc([C@H](C)C4CCC(c5ccnc6ccc(F)cc56)CC4)[nH]c3c2)CC1.C[C@@H](c1nc2ccc(C(=O)NCC3(O)CCC3)cc2[nH]1)C1CCC(c2ccnc3ccc(F)cc23)CC1. The number of aromatic amines is 3. The van der Waals surface area contributed by atoms with Crippen molar-refractivity contribution in [1.82, 2.24) is 60.8 Å². The summed E-state index contributed by atoms with van der Waals surface area (Å²) in [5, 5.41) is 22.3. The van der Waals surface area contributed by atoms with Crippen molar-refractivity contribution in [3.8, 4) is 0 Å². The first-order valence-electron chi connectivity index (χ1n) is 42.1. The second kappa shape index (κ2) is 34.8. The van der Waals surface area contributed by atoms with Gasteiger partial charge in [0.2, 0.25) is 0 Å². The number of pyridine rings is 3. The van der Waals surface area contributed by atoms with E-state index in [2.05, 4.69) is 84.8 Å². The van der Waals surface area contributed by atoms with Crippen LogP contribution in [0.15, 0.2) is 146 Å². The van der Waals surface area contributed by atoms with Crippen LogP contribution in [0.5, 0.6) is 0 Å². The van der Waals surface area contributed by atoms with Gasteiger partial charge in [0.15, 0.2) is 0 Å². The van der Waals surface area contributed by atoms with Gasteiger partial charge in [0, 0.05) is 102 Å². The fourth-order valence-corrected chi connectivity index (χ4v) is 19.6. The predicted octanol–water partition coefficient (Wildman–Crippen LogP) is 20.0. The van der Waals surface area contributed by atoms with E-state index >= 15 is 0 Å². The predicted molar refractivity (Wildman–Crippen MR) is 445 cm³/mol. The number of benzene rings is 6. The third-order valence-electron chi connectivity index (χ3n) is 27.1. The Morgan fingerprint density at radius 3 is 1.03 bits per heavy atom. The second-order valence-electron chi connectivity index (χ2n) is 34.1. The Bertz CT molecular complexity index is 5220. The van der Waals surface area contributed by atoms with Gasteiger partial charge in [-0.3, -0.25) is 29.3 Å². The molecule has 6 aliphatic rings. The van der Waals surface area contributed by atoms with Crippen molar-refractivity contribution < 1.29 is 42.1 Å². The molecule has 6 fully saturated rings. The number of imidazole rings is 3. The molecule has 18 nitrogen and oxygen atoms in total. The number of ether oxygens (including phenoxy) is 2. The van der Waals surface area contributed by atoms with E-state index in [0.29, 0.717) is 82.8 Å². The highest BCUT2D eigenvalue weighted by atomic mass is 19.1. The number of hydrogen-bond acceptors (Lipinski definition) is 12. The van der Waals surface area contributed by atoms with Crippen LogP contribution in [0.2, 0.25) is 0 Å². The van der Waals surface area contributed by atoms with E-state index < -0.39 is 5.60 Å². The molecule has 0 bridgehead atoms. The third-order valence-corrected chi connectivity index (χ3v) is 27.1. The molecule has 600 valence electrons. The maximum atomic E-state index is 14.0. The van der Waals surface area contributed by atoms with Crippen LogP contribution in [0.1, 0.15) is 269 Å². The topological polar surface area (TPSA) is 251 Å². The lowest BCUT2D eigenvalue weighted by molar-refractivity contribution is -0.0300. The summed E-state index contributed by atoms with van der Waals surface area (Å²) in [5.74, 6) is 5.72. The molecule has 0 radical (unpaired) electrons. The van der Waals surface area contributed by atoms with Crippen molar-refractivity contribution in [3.05, 3.63) is 214 Å². The zero-order chi connectivity index (χ0) is 79.4. The van der Waals surface area contributed by atoms with Crippen LogP contribution < -0.4 is 16.0 Å². The van der Waals surface area contributed by atoms with Crippen molar-refractivity contribution in [2.24, 2.45) is 17.8 Å². The van der Waals surface area contributed by atoms with Crippen LogP contribution in [-0.4, -0.2) is 118 Å². The molecule has 7 N–H and O–H groups in total. The molecule has 6 aromatic carbocycles. The highest BCUT2D eigenvalue weighted by Gasteiger charge is 2.37. The maximum Gasteiger partial charge on any atom is 0.251 e. The number of fused-ring (bicyclic) bond motifs is 6. The third kappa shape index (κ3) is 17.9. The van der Waals surface area contributed by atoms with E-state index in [0.717, 1.165) is 231 Å². The molecule has 6 aromatic heterocycles. The summed E-state index contributed by atoms with van der Waals surface area (Å²) in [7, 11) is 3.52. The molecule has 0 unspecified atom stereocenters. The number of nitrogens with zero attached hydrogens (tertiary/aromatic N) is 6. The number of H-pyrrole nitrogens is 3. The van der Waals surface area contributed by atoms with E-state index in [4.69, 9.17) is 24.4 Å². The van der Waals surface area contributed by atoms with Crippen molar-refractivity contribution in [2.75, 3.05) is 20.8 Å². The Morgan fingerprint density at radius 2 is 0.730 bits per heavy atom. The van der Waals surface area contributed by atoms with Gasteiger partial charge < -0.3 is 45.5 Å². The quantitative estimate of drug-likeness (QED) is 0.0424. The van der Waals surface area contributed by atoms with Gasteiger partial charge in [0.25, 0.3) is 17.7 Å². The summed E-state index contributed by atoms with van der Waals surface area (Å²) >= 11 is 0. The van der Waals surface area contributed by atoms with E-state index in [1.54, 1.807) is 56.7 Å². The Morgan fingerprint density at radius 1 is 0.417 bits per heavy atom. The number of carbonyl (C=O) groups excluding carboxylic acids is 3. The van der Waals surface area contributed by atoms with E-state index in [-0.39, 0.29) is 53.2 Å². The van der Waals surface area contributed by atoms with Crippen molar-refractivity contribution in [2.45, 2.75) is 234 Å². The Balaban J connectivity index is 0.000000130. The van der Waals surface area contributed by atoms with Crippen molar-refractivity contribution >= 4 is 83.5 Å². The maximum absolute atomic E-state index is 14.0. The molecule has 3 amide bonds. The van der Waals surface area contributed by atoms with E-state index in [1.807, 2.05) is 67.1 Å². The number of methoxy groups -OCH3 is 2. The average Bonchev–Trinajstić information content (AvgIpc) is 1.70. The molecule has 0 spiro atoms. The van der Waals surface area contributed by atoms with Crippen LogP contribution in [0.3, 0.4) is 0 Å². The molecule has 6 aliphatic carbocycles. The Hall–Kier alpha value is -9.96. The summed E-state index contributed by atoms with van der Waals surface area (Å²) in [5.41, 5.74) is 12.7. The van der Waals surface area contributed by atoms with Gasteiger partial charge in [-0.1, -0.05) is 20.8 Å². The first kappa shape index (κ1) is 78.9. The zero-order valence-corrected chi connectivity index (χ0v) is 66.6. The van der Waals surface area contributed by atoms with Crippen LogP contribution in [0, 0.1) is 35.2 Å². The van der Waals surface area contributed by atoms with E-state index in [1.165, 1.54) is 34.9 Å². The number of aromatic nitrogens is 9. The minimum Gasteiger partial charge on any atom is -0.388 e. The number of aliphatic hydroxyl groups is 1. The Labute approximate surface area is 669 Å². The van der Waals surface area contributed by atoms with E-state index in [9.17, 15) is 32.7 Å². The number of nitrogens with one attached hydrogen (secondary N) is 6. The van der Waals surface area contributed by atoms with Crippen molar-refractivity contribution in [3.63, 3.8) is 0 Å². The van der Waals surface area contributed by atoms with Gasteiger partial charge in [-0.2, -0.15) is 0 Å². The fraction of sp³-hybridized carbons (Fsp3) is 0.457. The van der Waals surface area contributed by atoms with Gasteiger partial charge in [-0.05, 0) is 327 Å². The molecule has 21 heteroatoms. The second-order valence-corrected chi connectivity index (χ2v) is 34.1. The highest BCUT2D eigenvalue weighted by Crippen LogP contribution is 2.47. The summed E-state index contributed by atoms with van der Waals surface area (Å²) in [6.45, 7) is 7.03. The molecular weight excluding hydrogens is 1450 g/mol. The Kier molecular flexibility index (Phi) is 23.9. The van der Waals surface area contributed by atoms with Crippen LogP contribution in [-0.2, 0) is 9.47 Å². The standard InChI is InChI=1S/2C32H37FN4O2.C30H33FN4O2/c2*1-19(20-3-5-21(6-4-20)26-15-16-34-28-14-8-23(33)18-27(26)28)31-36-29-13-7-22(17-30(29)37-31)32(38)35-24-9-11-25(39-2)12-10-24;1-18(19-3-5-20(6-4-19)23-11-14-32-25-10-8-22(31)16-24(23)25)28-34-26-9-7-21(15-27(26)35-28)29(36)33-17-30(37)12-2-13-30/h2*7-8,13-21,24-25H,3-6,9-12H2,1-2H3,(H,35,38)(H,36,37);7-11,14-16,18-20,37H,2-6,12-13,17H2,1H3,(H,33,36)(H,34,35)/t2*19-,20?,21?,24?,25?;18-,19?,20?/m111/s1. The lowest BCUT2D eigenvalue weighted by Crippen LogP contribution is -2.47. The molecule has 12 aromatic rings. The number of amides is 3. The lowest BCUT2D eigenvalue weighted by atomic mass is 9.73. The minimum atomic E-state index is -0.740. The first-order valence-corrected chi connectivity index (χ1v) is 42.1. The summed E-state index contributed by atoms with van der Waals surface area (Å²) in [6.07, 6.45) is 29.4. The average molecular weight is 1560 g/mol. The summed E-state index contributed by atoms with van der Waals surface area (Å²) < 4.78 is 52.8. The molecule has 18 rings (SSSR count). The molecule has 0 aliphatic heterocycles. The van der Waals surface area contributed by atoms with Crippen LogP contribution in [0.4, 0.5) is 13.2 Å². The lowest BCUT2D eigenvalue weighted by Gasteiger charge is -2.36. The van der Waals surface area contributed by atoms with Gasteiger partial charge in [0.1, 0.15) is 34.9 Å². The largest absolute Gasteiger partial charge is 0.388 e. The van der Waals surface area contributed by atoms with Crippen LogP contribution in [0.25, 0.3) is 65.8 Å². The fourth-order valence-electron chi connectivity index (χ4n) is 19.6. The zero-order valence-electron chi connectivity index (χ0n) is 66.6. The van der Waals surface area contributed by atoms with Gasteiger partial charge in [-0.15, -0.1) is 0 Å². The summed E-state index contributed by atoms with van der Waals surface area (Å²) in [6, 6.07) is 38.2. The minimum absolute atomic E-state index is 0.0243. The molecule has 3 atom stereocenters. The normalized spacial score (nSPS) is 23.8. The van der Waals surface area contributed by atoms with Crippen molar-refractivity contribution in [1.29, 1.82) is 0 Å². The molecule has 6 heterocycles. The number of hydrogen-bond donors (Lipinski definition) is 7. The number of halogens is 3. The smallest absolute Gasteiger partial charge is 0.251 e. The van der Waals surface area contributed by atoms with Gasteiger partial charge in [-0.25, -0.2) is 28.1 Å². The first-order chi connectivity index (χ1) is 55.8. The summed E-state index contributed by atoms with van der Waals surface area (Å²) in [4.78, 5) is 76.9. The monoisotopic (exact) mass is 1560 g/mol. The highest BCUT2D eigenvalue weighted by molar-refractivity contribution is 5.99. The molecule has 0 saturated heterocycles.